The molecule has 0 radical (unpaired) electrons. The lowest BCUT2D eigenvalue weighted by molar-refractivity contribution is 0.284. The van der Waals surface area contributed by atoms with E-state index in [0.717, 1.165) is 24.1 Å². The van der Waals surface area contributed by atoms with E-state index in [4.69, 9.17) is 10.5 Å². The number of nitrogens with zero attached hydrogens (tertiary/aromatic N) is 2. The van der Waals surface area contributed by atoms with E-state index in [0.29, 0.717) is 19.2 Å². The van der Waals surface area contributed by atoms with Gasteiger partial charge in [0.15, 0.2) is 0 Å². The summed E-state index contributed by atoms with van der Waals surface area (Å²) in [5.41, 5.74) is 7.36. The van der Waals surface area contributed by atoms with Crippen LogP contribution in [0.5, 0.6) is 6.01 Å². The molecule has 0 aliphatic heterocycles. The molecule has 4 nitrogen and oxygen atoms in total. The molecule has 0 unspecified atom stereocenters. The second kappa shape index (κ2) is 5.54. The summed E-state index contributed by atoms with van der Waals surface area (Å²) in [6, 6.07) is 0.452. The van der Waals surface area contributed by atoms with Crippen LogP contribution < -0.4 is 10.5 Å². The van der Waals surface area contributed by atoms with Crippen molar-refractivity contribution in [3.8, 4) is 6.01 Å². The van der Waals surface area contributed by atoms with Gasteiger partial charge in [-0.05, 0) is 13.3 Å². The molecule has 0 spiro atoms. The molecule has 0 aliphatic rings. The van der Waals surface area contributed by atoms with Gasteiger partial charge in [0.25, 0.3) is 0 Å². The highest BCUT2D eigenvalue weighted by Gasteiger charge is 2.01. The van der Waals surface area contributed by atoms with Crippen molar-refractivity contribution in [2.24, 2.45) is 5.73 Å². The predicted octanol–water partition coefficient (Wildman–Crippen LogP) is 1.42. The number of hydrogen-bond donors (Lipinski definition) is 1. The van der Waals surface area contributed by atoms with E-state index in [1.807, 2.05) is 6.92 Å². The van der Waals surface area contributed by atoms with E-state index in [1.54, 1.807) is 6.20 Å². The van der Waals surface area contributed by atoms with Crippen molar-refractivity contribution in [3.05, 3.63) is 17.5 Å². The van der Waals surface area contributed by atoms with Crippen molar-refractivity contribution in [1.29, 1.82) is 0 Å². The van der Waals surface area contributed by atoms with Crippen molar-refractivity contribution in [3.63, 3.8) is 0 Å². The lowest BCUT2D eigenvalue weighted by Gasteiger charge is -2.05. The van der Waals surface area contributed by atoms with E-state index < -0.39 is 0 Å². The Morgan fingerprint density at radius 3 is 2.86 bits per heavy atom. The van der Waals surface area contributed by atoms with Crippen LogP contribution in [0.4, 0.5) is 0 Å². The monoisotopic (exact) mass is 195 g/mol. The van der Waals surface area contributed by atoms with Crippen molar-refractivity contribution in [2.45, 2.75) is 33.2 Å². The van der Waals surface area contributed by atoms with E-state index in [1.165, 1.54) is 0 Å². The molecule has 0 aromatic carbocycles. The van der Waals surface area contributed by atoms with Crippen LogP contribution in [-0.2, 0) is 6.54 Å². The summed E-state index contributed by atoms with van der Waals surface area (Å²) in [5, 5.41) is 0. The van der Waals surface area contributed by atoms with Crippen LogP contribution in [0.2, 0.25) is 0 Å². The van der Waals surface area contributed by atoms with Crippen LogP contribution >= 0.6 is 0 Å². The third kappa shape index (κ3) is 2.96. The highest BCUT2D eigenvalue weighted by molar-refractivity contribution is 5.17. The summed E-state index contributed by atoms with van der Waals surface area (Å²) in [5.74, 6) is 0. The average molecular weight is 195 g/mol. The topological polar surface area (TPSA) is 61.0 Å². The van der Waals surface area contributed by atoms with Gasteiger partial charge in [-0.2, -0.15) is 0 Å². The lowest BCUT2D eigenvalue weighted by Crippen LogP contribution is -2.06. The maximum Gasteiger partial charge on any atom is 0.316 e. The number of aromatic nitrogens is 2. The van der Waals surface area contributed by atoms with Crippen LogP contribution in [0.25, 0.3) is 0 Å². The zero-order valence-electron chi connectivity index (χ0n) is 8.79. The molecule has 0 fully saturated rings. The Morgan fingerprint density at radius 2 is 2.29 bits per heavy atom. The third-order valence-corrected chi connectivity index (χ3v) is 2.01. The number of aryl methyl sites for hydroxylation is 1. The number of hydrogen-bond acceptors (Lipinski definition) is 4. The Balaban J connectivity index is 2.57. The van der Waals surface area contributed by atoms with Gasteiger partial charge in [0, 0.05) is 24.0 Å². The number of unbranched alkanes of at least 4 members (excludes halogenated alkanes) is 1. The molecule has 0 saturated heterocycles. The molecule has 2 N–H and O–H groups in total. The molecule has 1 heterocycles. The number of ether oxygens (including phenoxy) is 1. The smallest absolute Gasteiger partial charge is 0.316 e. The van der Waals surface area contributed by atoms with Crippen LogP contribution in [0.1, 0.15) is 31.0 Å². The molecule has 1 rings (SSSR count). The molecule has 78 valence electrons. The van der Waals surface area contributed by atoms with Crippen LogP contribution in [0.15, 0.2) is 6.20 Å². The molecule has 0 atom stereocenters. The molecule has 0 bridgehead atoms. The first kappa shape index (κ1) is 10.9. The van der Waals surface area contributed by atoms with Gasteiger partial charge in [-0.3, -0.25) is 0 Å². The number of nitrogens with two attached hydrogens (primary N) is 1. The summed E-state index contributed by atoms with van der Waals surface area (Å²) in [6.45, 7) is 5.18. The molecule has 0 saturated carbocycles. The Morgan fingerprint density at radius 1 is 1.50 bits per heavy atom. The molecular weight excluding hydrogens is 178 g/mol. The second-order valence-corrected chi connectivity index (χ2v) is 3.17. The second-order valence-electron chi connectivity index (χ2n) is 3.17. The average Bonchev–Trinajstić information content (AvgIpc) is 2.18. The van der Waals surface area contributed by atoms with Crippen molar-refractivity contribution < 1.29 is 4.74 Å². The maximum atomic E-state index is 5.50. The quantitative estimate of drug-likeness (QED) is 0.722. The molecule has 1 aromatic rings. The van der Waals surface area contributed by atoms with Gasteiger partial charge in [-0.15, -0.1) is 0 Å². The summed E-state index contributed by atoms with van der Waals surface area (Å²) < 4.78 is 5.36. The SMILES string of the molecule is CCCCOc1ncc(CN)c(C)n1. The zero-order chi connectivity index (χ0) is 10.4. The fourth-order valence-electron chi connectivity index (χ4n) is 1.05. The van der Waals surface area contributed by atoms with Gasteiger partial charge in [0.05, 0.1) is 6.61 Å². The predicted molar refractivity (Wildman–Crippen MR) is 55.1 cm³/mol. The first-order valence-corrected chi connectivity index (χ1v) is 4.93. The highest BCUT2D eigenvalue weighted by atomic mass is 16.5. The summed E-state index contributed by atoms with van der Waals surface area (Å²) in [6.07, 6.45) is 3.87. The van der Waals surface area contributed by atoms with Crippen molar-refractivity contribution >= 4 is 0 Å². The number of rotatable bonds is 5. The van der Waals surface area contributed by atoms with Gasteiger partial charge in [-0.25, -0.2) is 9.97 Å². The summed E-state index contributed by atoms with van der Waals surface area (Å²) in [4.78, 5) is 8.27. The molecular formula is C10H17N3O. The Hall–Kier alpha value is -1.16. The van der Waals surface area contributed by atoms with E-state index in [9.17, 15) is 0 Å². The molecule has 0 aliphatic carbocycles. The van der Waals surface area contributed by atoms with Gasteiger partial charge >= 0.3 is 6.01 Å². The third-order valence-electron chi connectivity index (χ3n) is 2.01. The van der Waals surface area contributed by atoms with Gasteiger partial charge in [0.2, 0.25) is 0 Å². The first-order valence-electron chi connectivity index (χ1n) is 4.93. The van der Waals surface area contributed by atoms with E-state index in [-0.39, 0.29) is 0 Å². The molecule has 4 heteroatoms. The van der Waals surface area contributed by atoms with Crippen LogP contribution in [0.3, 0.4) is 0 Å². The zero-order valence-corrected chi connectivity index (χ0v) is 8.79. The highest BCUT2D eigenvalue weighted by Crippen LogP contribution is 2.08. The standard InChI is InChI=1S/C10H17N3O/c1-3-4-5-14-10-12-7-9(6-11)8(2)13-10/h7H,3-6,11H2,1-2H3. The Kier molecular flexibility index (Phi) is 4.32. The summed E-state index contributed by atoms with van der Waals surface area (Å²) >= 11 is 0. The van der Waals surface area contributed by atoms with E-state index >= 15 is 0 Å². The fourth-order valence-corrected chi connectivity index (χ4v) is 1.05. The minimum Gasteiger partial charge on any atom is -0.463 e. The molecule has 14 heavy (non-hydrogen) atoms. The Labute approximate surface area is 84.5 Å². The Bertz CT molecular complexity index is 289. The largest absolute Gasteiger partial charge is 0.463 e. The van der Waals surface area contributed by atoms with E-state index in [2.05, 4.69) is 16.9 Å². The molecule has 1 aromatic heterocycles. The van der Waals surface area contributed by atoms with Gasteiger partial charge in [-0.1, -0.05) is 13.3 Å². The lowest BCUT2D eigenvalue weighted by atomic mass is 10.2. The molecule has 0 amide bonds. The minimum absolute atomic E-state index is 0.452. The maximum absolute atomic E-state index is 5.50. The van der Waals surface area contributed by atoms with Gasteiger partial charge in [0.1, 0.15) is 0 Å². The summed E-state index contributed by atoms with van der Waals surface area (Å²) in [7, 11) is 0. The van der Waals surface area contributed by atoms with Crippen molar-refractivity contribution in [2.75, 3.05) is 6.61 Å². The van der Waals surface area contributed by atoms with Crippen LogP contribution in [0, 0.1) is 6.92 Å². The van der Waals surface area contributed by atoms with Gasteiger partial charge < -0.3 is 10.5 Å². The minimum atomic E-state index is 0.452. The first-order chi connectivity index (χ1) is 6.77. The fraction of sp³-hybridized carbons (Fsp3) is 0.600. The van der Waals surface area contributed by atoms with Crippen molar-refractivity contribution in [1.82, 2.24) is 9.97 Å². The van der Waals surface area contributed by atoms with Crippen LogP contribution in [-0.4, -0.2) is 16.6 Å². The normalized spacial score (nSPS) is 10.2.